The van der Waals surface area contributed by atoms with Gasteiger partial charge in [0.15, 0.2) is 0 Å². The van der Waals surface area contributed by atoms with Crippen LogP contribution in [0.4, 0.5) is 0 Å². The molecule has 2 aliphatic rings. The number of hydrogen-bond acceptors (Lipinski definition) is 2. The molecule has 0 amide bonds. The van der Waals surface area contributed by atoms with Crippen LogP contribution < -0.4 is 0 Å². The van der Waals surface area contributed by atoms with Crippen LogP contribution in [0, 0.1) is 0 Å². The molecule has 2 nitrogen and oxygen atoms in total. The van der Waals surface area contributed by atoms with E-state index in [0.29, 0.717) is 12.8 Å². The molecule has 3 rings (SSSR count). The molecule has 1 aromatic rings. The van der Waals surface area contributed by atoms with Crippen molar-refractivity contribution in [1.82, 2.24) is 0 Å². The number of fused-ring (bicyclic) bond motifs is 2. The minimum absolute atomic E-state index is 0.335. The number of aliphatic hydroxyl groups excluding tert-OH is 2. The Balaban J connectivity index is 2.30. The van der Waals surface area contributed by atoms with Gasteiger partial charge in [0.2, 0.25) is 0 Å². The van der Waals surface area contributed by atoms with Gasteiger partial charge in [-0.1, -0.05) is 31.9 Å². The van der Waals surface area contributed by atoms with Gasteiger partial charge in [0.05, 0.1) is 12.2 Å². The van der Waals surface area contributed by atoms with Crippen molar-refractivity contribution in [3.63, 3.8) is 0 Å². The maximum absolute atomic E-state index is 9.60. The van der Waals surface area contributed by atoms with Crippen LogP contribution >= 0.6 is 31.9 Å². The van der Waals surface area contributed by atoms with E-state index in [1.165, 1.54) is 0 Å². The lowest BCUT2D eigenvalue weighted by molar-refractivity contribution is 0.139. The van der Waals surface area contributed by atoms with Crippen LogP contribution in [0.2, 0.25) is 0 Å². The molecule has 0 aromatic heterocycles. The topological polar surface area (TPSA) is 40.5 Å². The van der Waals surface area contributed by atoms with Gasteiger partial charge in [-0.3, -0.25) is 0 Å². The Morgan fingerprint density at radius 1 is 0.857 bits per heavy atom. The molecule has 1 aromatic carbocycles. The fourth-order valence-corrected chi connectivity index (χ4v) is 4.01. The monoisotopic (exact) mass is 318 g/mol. The summed E-state index contributed by atoms with van der Waals surface area (Å²) in [6.45, 7) is 0. The maximum atomic E-state index is 9.60. The first kappa shape index (κ1) is 9.33. The van der Waals surface area contributed by atoms with Crippen LogP contribution in [-0.4, -0.2) is 10.2 Å². The Morgan fingerprint density at radius 2 is 1.21 bits per heavy atom. The summed E-state index contributed by atoms with van der Waals surface area (Å²) in [4.78, 5) is 0. The van der Waals surface area contributed by atoms with Crippen LogP contribution in [0.25, 0.3) is 0 Å². The molecule has 2 unspecified atom stereocenters. The second-order valence-corrected chi connectivity index (χ2v) is 5.44. The summed E-state index contributed by atoms with van der Waals surface area (Å²) in [5, 5.41) is 19.2. The minimum Gasteiger partial charge on any atom is -0.388 e. The van der Waals surface area contributed by atoms with E-state index >= 15 is 0 Å². The summed E-state index contributed by atoms with van der Waals surface area (Å²) in [6, 6.07) is 0. The van der Waals surface area contributed by atoms with Crippen molar-refractivity contribution in [2.24, 2.45) is 0 Å². The third kappa shape index (κ3) is 0.927. The van der Waals surface area contributed by atoms with Crippen molar-refractivity contribution in [2.45, 2.75) is 25.0 Å². The van der Waals surface area contributed by atoms with Crippen LogP contribution in [0.3, 0.4) is 0 Å². The second kappa shape index (κ2) is 2.82. The summed E-state index contributed by atoms with van der Waals surface area (Å²) >= 11 is 6.99. The van der Waals surface area contributed by atoms with E-state index in [9.17, 15) is 10.2 Å². The van der Waals surface area contributed by atoms with Gasteiger partial charge in [-0.2, -0.15) is 0 Å². The quantitative estimate of drug-likeness (QED) is 0.771. The minimum atomic E-state index is -0.335. The Kier molecular flexibility index (Phi) is 1.88. The molecule has 0 fully saturated rings. The van der Waals surface area contributed by atoms with E-state index in [4.69, 9.17) is 0 Å². The zero-order chi connectivity index (χ0) is 10.0. The van der Waals surface area contributed by atoms with E-state index in [-0.39, 0.29) is 12.2 Å². The summed E-state index contributed by atoms with van der Waals surface area (Å²) in [7, 11) is 0. The molecule has 0 spiro atoms. The Labute approximate surface area is 98.2 Å². The van der Waals surface area contributed by atoms with E-state index in [0.717, 1.165) is 31.2 Å². The Hall–Kier alpha value is 0.1000. The largest absolute Gasteiger partial charge is 0.388 e. The molecule has 0 bridgehead atoms. The first-order valence-electron chi connectivity index (χ1n) is 4.50. The zero-order valence-electron chi connectivity index (χ0n) is 7.22. The summed E-state index contributed by atoms with van der Waals surface area (Å²) in [5.41, 5.74) is 4.29. The Morgan fingerprint density at radius 3 is 1.50 bits per heavy atom. The van der Waals surface area contributed by atoms with Gasteiger partial charge in [0.25, 0.3) is 0 Å². The molecule has 2 aliphatic carbocycles. The van der Waals surface area contributed by atoms with Gasteiger partial charge < -0.3 is 10.2 Å². The molecule has 2 N–H and O–H groups in total. The summed E-state index contributed by atoms with van der Waals surface area (Å²) < 4.78 is 1.99. The number of halogens is 2. The lowest BCUT2D eigenvalue weighted by Gasteiger charge is -2.37. The third-order valence-electron chi connectivity index (χ3n) is 3.11. The van der Waals surface area contributed by atoms with Crippen LogP contribution in [0.5, 0.6) is 0 Å². The van der Waals surface area contributed by atoms with E-state index in [2.05, 4.69) is 31.9 Å². The normalized spacial score (nSPS) is 27.4. The average molecular weight is 320 g/mol. The highest BCUT2D eigenvalue weighted by Gasteiger charge is 2.38. The van der Waals surface area contributed by atoms with Crippen LogP contribution in [0.15, 0.2) is 8.95 Å². The first-order chi connectivity index (χ1) is 6.61. The third-order valence-corrected chi connectivity index (χ3v) is 4.93. The van der Waals surface area contributed by atoms with Gasteiger partial charge in [0, 0.05) is 21.8 Å². The molecule has 0 saturated heterocycles. The molecule has 0 aliphatic heterocycles. The van der Waals surface area contributed by atoms with E-state index in [1.54, 1.807) is 0 Å². The smallest absolute Gasteiger partial charge is 0.0844 e. The molecule has 74 valence electrons. The lowest BCUT2D eigenvalue weighted by Crippen LogP contribution is -2.27. The van der Waals surface area contributed by atoms with Crippen LogP contribution in [-0.2, 0) is 12.8 Å². The van der Waals surface area contributed by atoms with Gasteiger partial charge >= 0.3 is 0 Å². The highest BCUT2D eigenvalue weighted by Crippen LogP contribution is 2.52. The number of hydrogen-bond donors (Lipinski definition) is 2. The van der Waals surface area contributed by atoms with E-state index in [1.807, 2.05) is 0 Å². The van der Waals surface area contributed by atoms with Crippen molar-refractivity contribution in [3.8, 4) is 0 Å². The molecule has 0 radical (unpaired) electrons. The fourth-order valence-electron chi connectivity index (χ4n) is 2.25. The van der Waals surface area contributed by atoms with Crippen molar-refractivity contribution in [2.75, 3.05) is 0 Å². The van der Waals surface area contributed by atoms with Gasteiger partial charge in [-0.15, -0.1) is 0 Å². The second-order valence-electron chi connectivity index (χ2n) is 3.85. The van der Waals surface area contributed by atoms with Crippen molar-refractivity contribution >= 4 is 31.9 Å². The molecule has 0 saturated carbocycles. The standard InChI is InChI=1S/C10H8Br2O2/c11-9-3-1-5(13)7(3)10(12)4-2-6(14)8(4)9/h5-6,13-14H,1-2H2. The summed E-state index contributed by atoms with van der Waals surface area (Å²) in [5.74, 6) is 0. The molecule has 14 heavy (non-hydrogen) atoms. The highest BCUT2D eigenvalue weighted by atomic mass is 79.9. The predicted octanol–water partition coefficient (Wildman–Crippen LogP) is 2.39. The molecule has 2 atom stereocenters. The molecule has 4 heteroatoms. The lowest BCUT2D eigenvalue weighted by atomic mass is 9.75. The maximum Gasteiger partial charge on any atom is 0.0844 e. The van der Waals surface area contributed by atoms with Crippen LogP contribution in [0.1, 0.15) is 34.5 Å². The van der Waals surface area contributed by atoms with Gasteiger partial charge in [-0.05, 0) is 22.3 Å². The van der Waals surface area contributed by atoms with Gasteiger partial charge in [0.1, 0.15) is 0 Å². The molecular weight excluding hydrogens is 312 g/mol. The molecular formula is C10H8Br2O2. The highest BCUT2D eigenvalue weighted by molar-refractivity contribution is 9.11. The van der Waals surface area contributed by atoms with E-state index < -0.39 is 0 Å². The SMILES string of the molecule is OC1Cc2c(Br)c3c(c(Br)c21)CC3O. The average Bonchev–Trinajstić information content (AvgIpc) is 2.07. The summed E-state index contributed by atoms with van der Waals surface area (Å²) in [6.07, 6.45) is 0.709. The van der Waals surface area contributed by atoms with Crippen molar-refractivity contribution < 1.29 is 10.2 Å². The predicted molar refractivity (Wildman–Crippen MR) is 59.2 cm³/mol. The Bertz CT molecular complexity index is 384. The molecule has 0 heterocycles. The zero-order valence-corrected chi connectivity index (χ0v) is 10.4. The number of rotatable bonds is 0. The van der Waals surface area contributed by atoms with Crippen molar-refractivity contribution in [1.29, 1.82) is 0 Å². The number of aliphatic hydroxyl groups is 2. The fraction of sp³-hybridized carbons (Fsp3) is 0.400. The number of benzene rings is 1. The van der Waals surface area contributed by atoms with Crippen molar-refractivity contribution in [3.05, 3.63) is 31.2 Å². The van der Waals surface area contributed by atoms with Gasteiger partial charge in [-0.25, -0.2) is 0 Å². The first-order valence-corrected chi connectivity index (χ1v) is 6.08.